The standard InChI is InChI=1S/C22H27ClN2O2/c1-16(15-22(2,3)18-7-5-4-6-8-18)25-20(26)13-14-24-21(27)17-9-11-19(23)12-10-17/h4-12,16H,13-15H2,1-3H3,(H,24,27)(H,25,26). The van der Waals surface area contributed by atoms with Gasteiger partial charge in [0, 0.05) is 29.6 Å². The summed E-state index contributed by atoms with van der Waals surface area (Å²) in [4.78, 5) is 24.2. The van der Waals surface area contributed by atoms with Crippen LogP contribution >= 0.6 is 11.6 Å². The molecule has 4 nitrogen and oxygen atoms in total. The normalized spacial score (nSPS) is 12.3. The molecular weight excluding hydrogens is 360 g/mol. The van der Waals surface area contributed by atoms with E-state index in [2.05, 4.69) is 36.6 Å². The highest BCUT2D eigenvalue weighted by molar-refractivity contribution is 6.30. The Balaban J connectivity index is 1.75. The zero-order valence-electron chi connectivity index (χ0n) is 16.1. The monoisotopic (exact) mass is 386 g/mol. The molecule has 0 radical (unpaired) electrons. The van der Waals surface area contributed by atoms with Crippen molar-refractivity contribution in [1.82, 2.24) is 10.6 Å². The van der Waals surface area contributed by atoms with Crippen LogP contribution in [-0.4, -0.2) is 24.4 Å². The number of nitrogens with one attached hydrogen (secondary N) is 2. The van der Waals surface area contributed by atoms with Gasteiger partial charge in [-0.1, -0.05) is 55.8 Å². The van der Waals surface area contributed by atoms with Gasteiger partial charge < -0.3 is 10.6 Å². The number of benzene rings is 2. The van der Waals surface area contributed by atoms with Crippen molar-refractivity contribution >= 4 is 23.4 Å². The van der Waals surface area contributed by atoms with Crippen molar-refractivity contribution in [3.63, 3.8) is 0 Å². The summed E-state index contributed by atoms with van der Waals surface area (Å²) in [5.41, 5.74) is 1.75. The summed E-state index contributed by atoms with van der Waals surface area (Å²) in [6.45, 7) is 6.66. The van der Waals surface area contributed by atoms with Gasteiger partial charge in [-0.15, -0.1) is 0 Å². The van der Waals surface area contributed by atoms with Crippen LogP contribution in [0.2, 0.25) is 5.02 Å². The fourth-order valence-electron chi connectivity index (χ4n) is 3.16. The molecule has 0 aromatic heterocycles. The first-order chi connectivity index (χ1) is 12.8. The van der Waals surface area contributed by atoms with Crippen molar-refractivity contribution in [3.05, 3.63) is 70.7 Å². The Hall–Kier alpha value is -2.33. The molecule has 2 rings (SSSR count). The zero-order valence-corrected chi connectivity index (χ0v) is 16.8. The van der Waals surface area contributed by atoms with Crippen LogP contribution in [0.3, 0.4) is 0 Å². The van der Waals surface area contributed by atoms with E-state index in [1.54, 1.807) is 24.3 Å². The van der Waals surface area contributed by atoms with Gasteiger partial charge in [-0.05, 0) is 48.6 Å². The minimum atomic E-state index is -0.210. The molecule has 5 heteroatoms. The average molecular weight is 387 g/mol. The smallest absolute Gasteiger partial charge is 0.251 e. The molecule has 0 spiro atoms. The second kappa shape index (κ2) is 9.56. The number of carbonyl (C=O) groups excluding carboxylic acids is 2. The van der Waals surface area contributed by atoms with Gasteiger partial charge in [0.2, 0.25) is 5.91 Å². The van der Waals surface area contributed by atoms with E-state index in [4.69, 9.17) is 11.6 Å². The maximum Gasteiger partial charge on any atom is 0.251 e. The molecule has 144 valence electrons. The van der Waals surface area contributed by atoms with Crippen molar-refractivity contribution in [2.45, 2.75) is 45.1 Å². The Morgan fingerprint density at radius 2 is 1.67 bits per heavy atom. The number of hydrogen-bond donors (Lipinski definition) is 2. The highest BCUT2D eigenvalue weighted by atomic mass is 35.5. The largest absolute Gasteiger partial charge is 0.354 e. The van der Waals surface area contributed by atoms with Gasteiger partial charge >= 0.3 is 0 Å². The van der Waals surface area contributed by atoms with Gasteiger partial charge in [-0.2, -0.15) is 0 Å². The molecular formula is C22H27ClN2O2. The molecule has 1 atom stereocenters. The number of amides is 2. The summed E-state index contributed by atoms with van der Waals surface area (Å²) in [7, 11) is 0. The first-order valence-electron chi connectivity index (χ1n) is 9.16. The third-order valence-electron chi connectivity index (χ3n) is 4.52. The fraction of sp³-hybridized carbons (Fsp3) is 0.364. The summed E-state index contributed by atoms with van der Waals surface area (Å²) in [5.74, 6) is -0.277. The van der Waals surface area contributed by atoms with E-state index in [-0.39, 0.29) is 29.7 Å². The minimum absolute atomic E-state index is 0.0310. The van der Waals surface area contributed by atoms with Crippen LogP contribution in [-0.2, 0) is 10.2 Å². The number of hydrogen-bond acceptors (Lipinski definition) is 2. The van der Waals surface area contributed by atoms with Gasteiger partial charge in [-0.3, -0.25) is 9.59 Å². The molecule has 0 fully saturated rings. The quantitative estimate of drug-likeness (QED) is 0.709. The summed E-state index contributed by atoms with van der Waals surface area (Å²) in [5, 5.41) is 6.35. The predicted molar refractivity (Wildman–Crippen MR) is 110 cm³/mol. The molecule has 0 saturated carbocycles. The third-order valence-corrected chi connectivity index (χ3v) is 4.78. The SMILES string of the molecule is CC(CC(C)(C)c1ccccc1)NC(=O)CCNC(=O)c1ccc(Cl)cc1. The van der Waals surface area contributed by atoms with E-state index >= 15 is 0 Å². The van der Waals surface area contributed by atoms with E-state index in [1.165, 1.54) is 5.56 Å². The van der Waals surface area contributed by atoms with Crippen molar-refractivity contribution < 1.29 is 9.59 Å². The zero-order chi connectivity index (χ0) is 19.9. The Bertz CT molecular complexity index is 758. The molecule has 2 aromatic carbocycles. The van der Waals surface area contributed by atoms with E-state index in [0.717, 1.165) is 6.42 Å². The molecule has 27 heavy (non-hydrogen) atoms. The summed E-state index contributed by atoms with van der Waals surface area (Å²) < 4.78 is 0. The van der Waals surface area contributed by atoms with E-state index in [9.17, 15) is 9.59 Å². The van der Waals surface area contributed by atoms with Gasteiger partial charge in [0.25, 0.3) is 5.91 Å². The lowest BCUT2D eigenvalue weighted by molar-refractivity contribution is -0.121. The van der Waals surface area contributed by atoms with Crippen molar-refractivity contribution in [2.75, 3.05) is 6.54 Å². The van der Waals surface area contributed by atoms with Crippen molar-refractivity contribution in [3.8, 4) is 0 Å². The van der Waals surface area contributed by atoms with Crippen LogP contribution in [0.15, 0.2) is 54.6 Å². The van der Waals surface area contributed by atoms with Crippen LogP contribution in [0.5, 0.6) is 0 Å². The highest BCUT2D eigenvalue weighted by Crippen LogP contribution is 2.28. The van der Waals surface area contributed by atoms with Gasteiger partial charge in [0.15, 0.2) is 0 Å². The van der Waals surface area contributed by atoms with Crippen LogP contribution < -0.4 is 10.6 Å². The van der Waals surface area contributed by atoms with Crippen molar-refractivity contribution in [1.29, 1.82) is 0 Å². The molecule has 0 aliphatic carbocycles. The lowest BCUT2D eigenvalue weighted by Gasteiger charge is -2.29. The molecule has 2 amide bonds. The Morgan fingerprint density at radius 3 is 2.30 bits per heavy atom. The van der Waals surface area contributed by atoms with Crippen molar-refractivity contribution in [2.24, 2.45) is 0 Å². The molecule has 2 aromatic rings. The molecule has 0 aliphatic rings. The maximum absolute atomic E-state index is 12.2. The van der Waals surface area contributed by atoms with Crippen LogP contribution in [0.4, 0.5) is 0 Å². The van der Waals surface area contributed by atoms with Crippen LogP contribution in [0.25, 0.3) is 0 Å². The minimum Gasteiger partial charge on any atom is -0.354 e. The van der Waals surface area contributed by atoms with Gasteiger partial charge in [-0.25, -0.2) is 0 Å². The Kier molecular flexibility index (Phi) is 7.43. The van der Waals surface area contributed by atoms with Gasteiger partial charge in [0.1, 0.15) is 0 Å². The molecule has 0 saturated heterocycles. The van der Waals surface area contributed by atoms with Gasteiger partial charge in [0.05, 0.1) is 0 Å². The molecule has 0 heterocycles. The Labute approximate surface area is 166 Å². The second-order valence-electron chi connectivity index (χ2n) is 7.44. The summed E-state index contributed by atoms with van der Waals surface area (Å²) >= 11 is 5.81. The second-order valence-corrected chi connectivity index (χ2v) is 7.87. The molecule has 1 unspecified atom stereocenters. The first kappa shape index (κ1) is 21.0. The van der Waals surface area contributed by atoms with Crippen LogP contribution in [0.1, 0.15) is 49.5 Å². The molecule has 0 bridgehead atoms. The molecule has 2 N–H and O–H groups in total. The maximum atomic E-state index is 12.2. The highest BCUT2D eigenvalue weighted by Gasteiger charge is 2.23. The third kappa shape index (κ3) is 6.72. The Morgan fingerprint density at radius 1 is 1.04 bits per heavy atom. The lowest BCUT2D eigenvalue weighted by Crippen LogP contribution is -2.38. The number of halogens is 1. The number of rotatable bonds is 8. The topological polar surface area (TPSA) is 58.2 Å². The molecule has 0 aliphatic heterocycles. The van der Waals surface area contributed by atoms with E-state index in [0.29, 0.717) is 17.1 Å². The predicted octanol–water partition coefficient (Wildman–Crippen LogP) is 4.33. The average Bonchev–Trinajstić information content (AvgIpc) is 2.62. The van der Waals surface area contributed by atoms with Crippen LogP contribution in [0, 0.1) is 0 Å². The van der Waals surface area contributed by atoms with E-state index in [1.807, 2.05) is 25.1 Å². The van der Waals surface area contributed by atoms with E-state index < -0.39 is 0 Å². The summed E-state index contributed by atoms with van der Waals surface area (Å²) in [6, 6.07) is 17.0. The fourth-order valence-corrected chi connectivity index (χ4v) is 3.29. The summed E-state index contributed by atoms with van der Waals surface area (Å²) in [6.07, 6.45) is 1.08. The first-order valence-corrected chi connectivity index (χ1v) is 9.54. The number of carbonyl (C=O) groups is 2. The lowest BCUT2D eigenvalue weighted by atomic mass is 9.79.